The van der Waals surface area contributed by atoms with Crippen molar-refractivity contribution < 1.29 is 9.53 Å². The van der Waals surface area contributed by atoms with Crippen LogP contribution in [0.25, 0.3) is 0 Å². The van der Waals surface area contributed by atoms with Crippen molar-refractivity contribution in [3.05, 3.63) is 35.9 Å². The topological polar surface area (TPSA) is 36.0 Å². The molecule has 1 amide bonds. The molecule has 1 aromatic carbocycles. The zero-order valence-electron chi connectivity index (χ0n) is 15.1. The fraction of sp³-hybridized carbons (Fsp3) is 0.632. The minimum Gasteiger partial charge on any atom is -0.444 e. The van der Waals surface area contributed by atoms with Crippen molar-refractivity contribution in [2.24, 2.45) is 0 Å². The zero-order chi connectivity index (χ0) is 17.2. The van der Waals surface area contributed by atoms with Gasteiger partial charge in [0.25, 0.3) is 0 Å². The van der Waals surface area contributed by atoms with Gasteiger partial charge in [0, 0.05) is 51.9 Å². The second kappa shape index (κ2) is 7.11. The predicted octanol–water partition coefficient (Wildman–Crippen LogP) is 2.42. The summed E-state index contributed by atoms with van der Waals surface area (Å²) in [6.07, 6.45) is -0.179. The first-order valence-corrected chi connectivity index (χ1v) is 8.89. The van der Waals surface area contributed by atoms with Gasteiger partial charge < -0.3 is 9.64 Å². The van der Waals surface area contributed by atoms with Gasteiger partial charge in [0.1, 0.15) is 5.60 Å². The Bertz CT molecular complexity index is 541. The highest BCUT2D eigenvalue weighted by atomic mass is 16.6. The maximum Gasteiger partial charge on any atom is 0.410 e. The number of carbonyl (C=O) groups excluding carboxylic acids is 1. The van der Waals surface area contributed by atoms with Crippen molar-refractivity contribution in [1.29, 1.82) is 0 Å². The maximum atomic E-state index is 12.0. The molecule has 24 heavy (non-hydrogen) atoms. The van der Waals surface area contributed by atoms with Crippen LogP contribution in [0, 0.1) is 0 Å². The molecule has 5 heteroatoms. The van der Waals surface area contributed by atoms with Crippen LogP contribution in [0.4, 0.5) is 4.79 Å². The van der Waals surface area contributed by atoms with E-state index >= 15 is 0 Å². The second-order valence-electron chi connectivity index (χ2n) is 7.84. The molecule has 0 bridgehead atoms. The van der Waals surface area contributed by atoms with E-state index in [0.717, 1.165) is 45.8 Å². The molecule has 0 radical (unpaired) electrons. The van der Waals surface area contributed by atoms with Crippen LogP contribution in [0.3, 0.4) is 0 Å². The molecule has 1 aromatic rings. The minimum atomic E-state index is -0.411. The Morgan fingerprint density at radius 1 is 1.08 bits per heavy atom. The summed E-state index contributed by atoms with van der Waals surface area (Å²) >= 11 is 0. The number of benzene rings is 1. The van der Waals surface area contributed by atoms with Crippen LogP contribution < -0.4 is 0 Å². The average Bonchev–Trinajstić information content (AvgIpc) is 2.47. The molecule has 0 aromatic heterocycles. The largest absolute Gasteiger partial charge is 0.444 e. The van der Waals surface area contributed by atoms with Crippen molar-refractivity contribution in [3.63, 3.8) is 0 Å². The molecule has 0 aliphatic carbocycles. The third-order valence-electron chi connectivity index (χ3n) is 4.69. The molecule has 2 heterocycles. The molecule has 2 aliphatic rings. The lowest BCUT2D eigenvalue weighted by Gasteiger charge is -2.48. The Morgan fingerprint density at radius 2 is 1.71 bits per heavy atom. The molecule has 3 rings (SSSR count). The SMILES string of the molecule is CC(C)(C)OC(=O)N1CC(N2CCN(Cc3ccccc3)CC2)C1. The molecule has 0 unspecified atom stereocenters. The van der Waals surface area contributed by atoms with E-state index in [0.29, 0.717) is 6.04 Å². The highest BCUT2D eigenvalue weighted by molar-refractivity contribution is 5.69. The summed E-state index contributed by atoms with van der Waals surface area (Å²) in [6.45, 7) is 12.7. The number of piperazine rings is 1. The molecular formula is C19H29N3O2. The summed E-state index contributed by atoms with van der Waals surface area (Å²) in [4.78, 5) is 18.8. The monoisotopic (exact) mass is 331 g/mol. The van der Waals surface area contributed by atoms with Crippen molar-refractivity contribution in [1.82, 2.24) is 14.7 Å². The quantitative estimate of drug-likeness (QED) is 0.852. The summed E-state index contributed by atoms with van der Waals surface area (Å²) in [5.41, 5.74) is 0.969. The number of rotatable bonds is 3. The van der Waals surface area contributed by atoms with Gasteiger partial charge in [-0.1, -0.05) is 30.3 Å². The first kappa shape index (κ1) is 17.2. The highest BCUT2D eigenvalue weighted by Gasteiger charge is 2.37. The van der Waals surface area contributed by atoms with Gasteiger partial charge in [-0.3, -0.25) is 9.80 Å². The van der Waals surface area contributed by atoms with Crippen molar-refractivity contribution in [2.45, 2.75) is 39.0 Å². The van der Waals surface area contributed by atoms with E-state index in [1.807, 2.05) is 25.7 Å². The summed E-state index contributed by atoms with van der Waals surface area (Å²) in [7, 11) is 0. The number of hydrogen-bond donors (Lipinski definition) is 0. The van der Waals surface area contributed by atoms with Gasteiger partial charge in [0.2, 0.25) is 0 Å². The van der Waals surface area contributed by atoms with Crippen LogP contribution in [0.2, 0.25) is 0 Å². The Labute approximate surface area is 145 Å². The first-order valence-electron chi connectivity index (χ1n) is 8.89. The molecule has 0 atom stereocenters. The summed E-state index contributed by atoms with van der Waals surface area (Å²) < 4.78 is 5.42. The van der Waals surface area contributed by atoms with Gasteiger partial charge in [-0.15, -0.1) is 0 Å². The zero-order valence-corrected chi connectivity index (χ0v) is 15.1. The van der Waals surface area contributed by atoms with Crippen LogP contribution in [0.15, 0.2) is 30.3 Å². The minimum absolute atomic E-state index is 0.179. The van der Waals surface area contributed by atoms with E-state index in [-0.39, 0.29) is 6.09 Å². The summed E-state index contributed by atoms with van der Waals surface area (Å²) in [6, 6.07) is 11.1. The van der Waals surface area contributed by atoms with Crippen molar-refractivity contribution >= 4 is 6.09 Å². The van der Waals surface area contributed by atoms with E-state index in [9.17, 15) is 4.79 Å². The van der Waals surface area contributed by atoms with Crippen molar-refractivity contribution in [3.8, 4) is 0 Å². The van der Waals surface area contributed by atoms with E-state index in [1.165, 1.54) is 5.56 Å². The Morgan fingerprint density at radius 3 is 2.29 bits per heavy atom. The van der Waals surface area contributed by atoms with Gasteiger partial charge in [-0.05, 0) is 26.3 Å². The lowest BCUT2D eigenvalue weighted by Crippen LogP contribution is -2.64. The van der Waals surface area contributed by atoms with E-state index in [2.05, 4.69) is 40.1 Å². The molecule has 2 aliphatic heterocycles. The van der Waals surface area contributed by atoms with Gasteiger partial charge in [-0.2, -0.15) is 0 Å². The van der Waals surface area contributed by atoms with E-state index in [1.54, 1.807) is 0 Å². The molecule has 0 saturated carbocycles. The molecule has 2 saturated heterocycles. The summed E-state index contributed by atoms with van der Waals surface area (Å²) in [5, 5.41) is 0. The number of likely N-dealkylation sites (tertiary alicyclic amines) is 1. The standard InChI is InChI=1S/C19H29N3O2/c1-19(2,3)24-18(23)22-14-17(15-22)21-11-9-20(10-12-21)13-16-7-5-4-6-8-16/h4-8,17H,9-15H2,1-3H3. The number of amides is 1. The Kier molecular flexibility index (Phi) is 5.11. The lowest BCUT2D eigenvalue weighted by atomic mass is 10.1. The van der Waals surface area contributed by atoms with Crippen LogP contribution >= 0.6 is 0 Å². The highest BCUT2D eigenvalue weighted by Crippen LogP contribution is 2.20. The van der Waals surface area contributed by atoms with E-state index < -0.39 is 5.60 Å². The van der Waals surface area contributed by atoms with Crippen LogP contribution in [0.5, 0.6) is 0 Å². The Hall–Kier alpha value is -1.59. The smallest absolute Gasteiger partial charge is 0.410 e. The number of nitrogens with zero attached hydrogens (tertiary/aromatic N) is 3. The molecule has 0 N–H and O–H groups in total. The van der Waals surface area contributed by atoms with Gasteiger partial charge in [0.05, 0.1) is 0 Å². The first-order chi connectivity index (χ1) is 11.4. The summed E-state index contributed by atoms with van der Waals surface area (Å²) in [5.74, 6) is 0. The predicted molar refractivity (Wildman–Crippen MR) is 94.9 cm³/mol. The number of ether oxygens (including phenoxy) is 1. The number of hydrogen-bond acceptors (Lipinski definition) is 4. The fourth-order valence-corrected chi connectivity index (χ4v) is 3.29. The third kappa shape index (κ3) is 4.48. The normalized spacial score (nSPS) is 20.7. The van der Waals surface area contributed by atoms with Crippen LogP contribution in [0.1, 0.15) is 26.3 Å². The second-order valence-corrected chi connectivity index (χ2v) is 7.84. The lowest BCUT2D eigenvalue weighted by molar-refractivity contribution is -0.0252. The number of carbonyl (C=O) groups is 1. The van der Waals surface area contributed by atoms with E-state index in [4.69, 9.17) is 4.74 Å². The maximum absolute atomic E-state index is 12.0. The van der Waals surface area contributed by atoms with Gasteiger partial charge in [-0.25, -0.2) is 4.79 Å². The molecular weight excluding hydrogens is 302 g/mol. The third-order valence-corrected chi connectivity index (χ3v) is 4.69. The molecule has 132 valence electrons. The van der Waals surface area contributed by atoms with Gasteiger partial charge >= 0.3 is 6.09 Å². The van der Waals surface area contributed by atoms with Crippen LogP contribution in [-0.2, 0) is 11.3 Å². The molecule has 5 nitrogen and oxygen atoms in total. The van der Waals surface area contributed by atoms with Crippen molar-refractivity contribution in [2.75, 3.05) is 39.3 Å². The Balaban J connectivity index is 1.38. The average molecular weight is 331 g/mol. The fourth-order valence-electron chi connectivity index (χ4n) is 3.29. The van der Waals surface area contributed by atoms with Gasteiger partial charge in [0.15, 0.2) is 0 Å². The molecule has 2 fully saturated rings. The molecule has 0 spiro atoms. The van der Waals surface area contributed by atoms with Crippen LogP contribution in [-0.4, -0.2) is 71.7 Å².